The Morgan fingerprint density at radius 1 is 1.37 bits per heavy atom. The van der Waals surface area contributed by atoms with Crippen LogP contribution in [-0.2, 0) is 25.2 Å². The minimum atomic E-state index is -1.49. The van der Waals surface area contributed by atoms with Crippen LogP contribution in [0.1, 0.15) is 24.6 Å². The largest absolute Gasteiger partial charge is 0.483 e. The fraction of sp³-hybridized carbons (Fsp3) is 0.412. The monoisotopic (exact) mass is 443 g/mol. The van der Waals surface area contributed by atoms with E-state index in [1.807, 2.05) is 6.07 Å². The van der Waals surface area contributed by atoms with Gasteiger partial charge in [-0.1, -0.05) is 0 Å². The van der Waals surface area contributed by atoms with Gasteiger partial charge in [0.2, 0.25) is 0 Å². The molecule has 0 amide bonds. The SMILES string of the molecule is CO.O=CO.O=c1ccn(C2CCC(COP3OCc4ccncc4O3)O2)c(=O)[nH]1. The molecular formula is C17H22N3O9P. The topological polar surface area (TPSA) is 162 Å². The summed E-state index contributed by atoms with van der Waals surface area (Å²) in [7, 11) is -0.490. The molecule has 0 bridgehead atoms. The van der Waals surface area contributed by atoms with Crippen molar-refractivity contribution in [3.8, 4) is 5.75 Å². The molecule has 0 radical (unpaired) electrons. The quantitative estimate of drug-likeness (QED) is 0.454. The molecule has 0 aromatic carbocycles. The molecule has 2 aliphatic rings. The summed E-state index contributed by atoms with van der Waals surface area (Å²) in [4.78, 5) is 37.5. The van der Waals surface area contributed by atoms with Crippen molar-refractivity contribution < 1.29 is 33.3 Å². The van der Waals surface area contributed by atoms with Gasteiger partial charge >= 0.3 is 14.3 Å². The van der Waals surface area contributed by atoms with E-state index in [2.05, 4.69) is 9.97 Å². The van der Waals surface area contributed by atoms with E-state index in [9.17, 15) is 9.59 Å². The van der Waals surface area contributed by atoms with Gasteiger partial charge in [-0.15, -0.1) is 0 Å². The van der Waals surface area contributed by atoms with E-state index >= 15 is 0 Å². The average molecular weight is 443 g/mol. The number of aromatic amines is 1. The van der Waals surface area contributed by atoms with Crippen molar-refractivity contribution >= 4 is 15.1 Å². The number of aliphatic hydroxyl groups is 1. The minimum Gasteiger partial charge on any atom is -0.483 e. The Balaban J connectivity index is 0.000000590. The molecule has 3 atom stereocenters. The Hall–Kier alpha value is -2.63. The van der Waals surface area contributed by atoms with Crippen LogP contribution in [0.5, 0.6) is 5.75 Å². The van der Waals surface area contributed by atoms with Crippen molar-refractivity contribution in [2.45, 2.75) is 31.8 Å². The van der Waals surface area contributed by atoms with Gasteiger partial charge in [0.1, 0.15) is 6.23 Å². The first-order valence-corrected chi connectivity index (χ1v) is 9.86. The number of aliphatic hydroxyl groups excluding tert-OH is 1. The molecule has 12 nitrogen and oxygen atoms in total. The second-order valence-electron chi connectivity index (χ2n) is 5.78. The molecule has 3 N–H and O–H groups in total. The normalized spacial score (nSPS) is 21.7. The highest BCUT2D eigenvalue weighted by atomic mass is 31.2. The smallest absolute Gasteiger partial charge is 0.397 e. The summed E-state index contributed by atoms with van der Waals surface area (Å²) < 4.78 is 24.1. The zero-order valence-corrected chi connectivity index (χ0v) is 16.9. The lowest BCUT2D eigenvalue weighted by molar-refractivity contribution is -0.122. The number of H-pyrrole nitrogens is 1. The first-order chi connectivity index (χ1) is 14.6. The number of hydrogen-bond acceptors (Lipinski definition) is 9. The fourth-order valence-electron chi connectivity index (χ4n) is 2.71. The van der Waals surface area contributed by atoms with Crippen molar-refractivity contribution in [1.82, 2.24) is 14.5 Å². The summed E-state index contributed by atoms with van der Waals surface area (Å²) >= 11 is 0. The van der Waals surface area contributed by atoms with Crippen molar-refractivity contribution in [3.63, 3.8) is 0 Å². The zero-order valence-electron chi connectivity index (χ0n) is 16.0. The molecule has 0 spiro atoms. The lowest BCUT2D eigenvalue weighted by Gasteiger charge is -2.24. The van der Waals surface area contributed by atoms with Gasteiger partial charge in [-0.05, 0) is 18.9 Å². The Labute approximate surface area is 172 Å². The summed E-state index contributed by atoms with van der Waals surface area (Å²) in [5.41, 5.74) is 0.0294. The number of carboxylic acid groups (broad SMARTS) is 1. The number of hydrogen-bond donors (Lipinski definition) is 3. The van der Waals surface area contributed by atoms with Crippen LogP contribution in [0, 0.1) is 0 Å². The van der Waals surface area contributed by atoms with Crippen LogP contribution >= 0.6 is 8.60 Å². The number of rotatable bonds is 4. The van der Waals surface area contributed by atoms with Gasteiger partial charge in [-0.3, -0.25) is 33.2 Å². The average Bonchev–Trinajstić information content (AvgIpc) is 3.23. The molecule has 164 valence electrons. The Morgan fingerprint density at radius 2 is 2.13 bits per heavy atom. The maximum Gasteiger partial charge on any atom is 0.397 e. The van der Waals surface area contributed by atoms with Gasteiger partial charge in [0.25, 0.3) is 12.0 Å². The van der Waals surface area contributed by atoms with E-state index < -0.39 is 26.1 Å². The van der Waals surface area contributed by atoms with Crippen LogP contribution in [0.2, 0.25) is 0 Å². The highest BCUT2D eigenvalue weighted by molar-refractivity contribution is 7.42. The molecule has 2 aromatic heterocycles. The van der Waals surface area contributed by atoms with Crippen LogP contribution in [0.4, 0.5) is 0 Å². The number of nitrogens with one attached hydrogen (secondary N) is 1. The second kappa shape index (κ2) is 12.2. The molecule has 4 heterocycles. The molecule has 1 saturated heterocycles. The Kier molecular flexibility index (Phi) is 9.58. The molecule has 2 aliphatic heterocycles. The van der Waals surface area contributed by atoms with Gasteiger partial charge in [-0.25, -0.2) is 4.79 Å². The third-order valence-corrected chi connectivity index (χ3v) is 5.03. The lowest BCUT2D eigenvalue weighted by Crippen LogP contribution is -2.31. The first kappa shape index (κ1) is 23.6. The molecule has 4 rings (SSSR count). The maximum atomic E-state index is 11.8. The van der Waals surface area contributed by atoms with E-state index in [0.29, 0.717) is 25.4 Å². The van der Waals surface area contributed by atoms with Crippen LogP contribution in [0.3, 0.4) is 0 Å². The highest BCUT2D eigenvalue weighted by Crippen LogP contribution is 2.47. The van der Waals surface area contributed by atoms with Crippen molar-refractivity contribution in [2.75, 3.05) is 13.7 Å². The minimum absolute atomic E-state index is 0.172. The van der Waals surface area contributed by atoms with Crippen LogP contribution in [-0.4, -0.2) is 51.0 Å². The van der Waals surface area contributed by atoms with Crippen molar-refractivity contribution in [2.24, 2.45) is 0 Å². The molecule has 13 heteroatoms. The number of fused-ring (bicyclic) bond motifs is 1. The fourth-order valence-corrected chi connectivity index (χ4v) is 3.75. The highest BCUT2D eigenvalue weighted by Gasteiger charge is 2.30. The zero-order chi connectivity index (χ0) is 21.9. The number of aromatic nitrogens is 3. The standard InChI is InChI=1S/C15H16N3O6P.CH2O2.CH4O/c19-13-4-6-18(15(20)17-13)14-2-1-11(23-14)9-22-25-21-8-10-3-5-16-7-12(10)24-25;2-1-3;1-2/h3-7,11,14H,1-2,8-9H2,(H,17,19,20);1H,(H,2,3);2H,1H3. The van der Waals surface area contributed by atoms with E-state index in [-0.39, 0.29) is 12.6 Å². The van der Waals surface area contributed by atoms with Crippen molar-refractivity contribution in [1.29, 1.82) is 0 Å². The van der Waals surface area contributed by atoms with E-state index in [4.69, 9.17) is 33.3 Å². The van der Waals surface area contributed by atoms with Gasteiger partial charge < -0.3 is 19.5 Å². The molecule has 30 heavy (non-hydrogen) atoms. The number of ether oxygens (including phenoxy) is 1. The molecule has 0 aliphatic carbocycles. The number of pyridine rings is 1. The van der Waals surface area contributed by atoms with Crippen LogP contribution in [0.15, 0.2) is 40.3 Å². The number of carbonyl (C=O) groups is 1. The van der Waals surface area contributed by atoms with Crippen LogP contribution in [0.25, 0.3) is 0 Å². The molecule has 2 aromatic rings. The maximum absolute atomic E-state index is 11.8. The number of nitrogens with zero attached hydrogens (tertiary/aromatic N) is 2. The Bertz CT molecular complexity index is 920. The summed E-state index contributed by atoms with van der Waals surface area (Å²) in [5.74, 6) is 0.671. The van der Waals surface area contributed by atoms with E-state index in [1.54, 1.807) is 12.4 Å². The molecule has 1 fully saturated rings. The molecule has 0 saturated carbocycles. The predicted octanol–water partition coefficient (Wildman–Crippen LogP) is 0.771. The van der Waals surface area contributed by atoms with Crippen LogP contribution < -0.4 is 15.8 Å². The lowest BCUT2D eigenvalue weighted by atomic mass is 10.2. The third-order valence-electron chi connectivity index (χ3n) is 3.98. The first-order valence-electron chi connectivity index (χ1n) is 8.77. The Morgan fingerprint density at radius 3 is 2.87 bits per heavy atom. The molecular weight excluding hydrogens is 421 g/mol. The van der Waals surface area contributed by atoms with E-state index in [1.165, 1.54) is 16.8 Å². The summed E-state index contributed by atoms with van der Waals surface area (Å²) in [6, 6.07) is 3.14. The van der Waals surface area contributed by atoms with Crippen molar-refractivity contribution in [3.05, 3.63) is 57.1 Å². The summed E-state index contributed by atoms with van der Waals surface area (Å²) in [5, 5.41) is 13.9. The van der Waals surface area contributed by atoms with Gasteiger partial charge in [0, 0.05) is 31.1 Å². The van der Waals surface area contributed by atoms with Gasteiger partial charge in [0.05, 0.1) is 25.5 Å². The molecule has 3 unspecified atom stereocenters. The second-order valence-corrected chi connectivity index (χ2v) is 6.93. The third kappa shape index (κ3) is 6.44. The van der Waals surface area contributed by atoms with Gasteiger partial charge in [0.15, 0.2) is 5.75 Å². The van der Waals surface area contributed by atoms with E-state index in [0.717, 1.165) is 19.1 Å². The summed E-state index contributed by atoms with van der Waals surface area (Å²) in [6.07, 6.45) is 5.57. The predicted molar refractivity (Wildman–Crippen MR) is 104 cm³/mol. The summed E-state index contributed by atoms with van der Waals surface area (Å²) in [6.45, 7) is 0.473. The van der Waals surface area contributed by atoms with Gasteiger partial charge in [-0.2, -0.15) is 0 Å².